The molecule has 0 aromatic carbocycles. The van der Waals surface area contributed by atoms with Crippen LogP contribution in [-0.4, -0.2) is 72.7 Å². The van der Waals surface area contributed by atoms with Crippen LogP contribution >= 0.6 is 0 Å². The summed E-state index contributed by atoms with van der Waals surface area (Å²) >= 11 is 0. The van der Waals surface area contributed by atoms with E-state index in [1.807, 2.05) is 0 Å². The predicted octanol–water partition coefficient (Wildman–Crippen LogP) is 0.0452. The van der Waals surface area contributed by atoms with Gasteiger partial charge in [0.2, 0.25) is 5.91 Å². The van der Waals surface area contributed by atoms with Gasteiger partial charge >= 0.3 is 0 Å². The summed E-state index contributed by atoms with van der Waals surface area (Å²) in [4.78, 5) is 16.5. The van der Waals surface area contributed by atoms with Crippen LogP contribution in [0.2, 0.25) is 0 Å². The Morgan fingerprint density at radius 3 is 2.47 bits per heavy atom. The molecule has 1 heterocycles. The van der Waals surface area contributed by atoms with Gasteiger partial charge in [0.05, 0.1) is 13.2 Å². The molecule has 0 spiro atoms. The number of hydrogen-bond acceptors (Lipinski definition) is 4. The molecule has 110 valence electrons. The van der Waals surface area contributed by atoms with Gasteiger partial charge in [-0.1, -0.05) is 12.8 Å². The molecule has 1 saturated heterocycles. The van der Waals surface area contributed by atoms with Gasteiger partial charge in [-0.2, -0.15) is 0 Å². The number of carbonyl (C=O) groups excluding carboxylic acids is 1. The highest BCUT2D eigenvalue weighted by molar-refractivity contribution is 5.78. The van der Waals surface area contributed by atoms with Crippen LogP contribution in [0.5, 0.6) is 0 Å². The molecule has 1 aliphatic carbocycles. The first-order valence-corrected chi connectivity index (χ1v) is 7.63. The van der Waals surface area contributed by atoms with Gasteiger partial charge in [0.15, 0.2) is 0 Å². The highest BCUT2D eigenvalue weighted by atomic mass is 16.3. The molecule has 1 aliphatic heterocycles. The zero-order valence-electron chi connectivity index (χ0n) is 11.8. The normalized spacial score (nSPS) is 23.4. The quantitative estimate of drug-likeness (QED) is 0.740. The number of nitrogens with zero attached hydrogens (tertiary/aromatic N) is 2. The van der Waals surface area contributed by atoms with Crippen molar-refractivity contribution in [3.8, 4) is 0 Å². The molecule has 2 rings (SSSR count). The average Bonchev–Trinajstić information content (AvgIpc) is 2.78. The van der Waals surface area contributed by atoms with Crippen LogP contribution in [0.25, 0.3) is 0 Å². The molecule has 0 unspecified atom stereocenters. The number of nitrogens with one attached hydrogen (secondary N) is 1. The van der Waals surface area contributed by atoms with Crippen molar-refractivity contribution in [3.63, 3.8) is 0 Å². The third kappa shape index (κ3) is 5.09. The van der Waals surface area contributed by atoms with E-state index in [2.05, 4.69) is 15.1 Å². The number of aliphatic hydroxyl groups is 1. The first-order valence-electron chi connectivity index (χ1n) is 7.63. The molecular formula is C14H27N3O2. The summed E-state index contributed by atoms with van der Waals surface area (Å²) in [5.74, 6) is 0.183. The van der Waals surface area contributed by atoms with E-state index < -0.39 is 0 Å². The molecular weight excluding hydrogens is 242 g/mol. The average molecular weight is 269 g/mol. The van der Waals surface area contributed by atoms with E-state index in [-0.39, 0.29) is 12.5 Å². The largest absolute Gasteiger partial charge is 0.395 e. The fourth-order valence-corrected chi connectivity index (χ4v) is 3.09. The number of hydrogen-bond donors (Lipinski definition) is 2. The standard InChI is InChI=1S/C14H27N3O2/c18-11-10-16-6-3-7-17(9-8-16)12-14(19)15-13-4-1-2-5-13/h13,18H,1-12H2,(H,15,19). The SMILES string of the molecule is O=C(CN1CCCN(CCO)CC1)NC1CCCC1. The molecule has 0 radical (unpaired) electrons. The van der Waals surface area contributed by atoms with Crippen LogP contribution in [0.3, 0.4) is 0 Å². The molecule has 1 amide bonds. The molecule has 5 nitrogen and oxygen atoms in total. The Hall–Kier alpha value is -0.650. The van der Waals surface area contributed by atoms with Crippen molar-refractivity contribution in [2.24, 2.45) is 0 Å². The highest BCUT2D eigenvalue weighted by Crippen LogP contribution is 2.17. The van der Waals surface area contributed by atoms with Crippen molar-refractivity contribution in [1.82, 2.24) is 15.1 Å². The van der Waals surface area contributed by atoms with Gasteiger partial charge in [-0.05, 0) is 32.4 Å². The topological polar surface area (TPSA) is 55.8 Å². The second-order valence-corrected chi connectivity index (χ2v) is 5.74. The summed E-state index contributed by atoms with van der Waals surface area (Å²) in [5.41, 5.74) is 0. The number of rotatable bonds is 5. The molecule has 2 N–H and O–H groups in total. The third-order valence-corrected chi connectivity index (χ3v) is 4.18. The summed E-state index contributed by atoms with van der Waals surface area (Å²) in [6.45, 7) is 5.41. The maximum atomic E-state index is 12.0. The van der Waals surface area contributed by atoms with E-state index in [1.165, 1.54) is 12.8 Å². The maximum absolute atomic E-state index is 12.0. The van der Waals surface area contributed by atoms with Crippen LogP contribution < -0.4 is 5.32 Å². The molecule has 0 atom stereocenters. The van der Waals surface area contributed by atoms with Gasteiger partial charge in [-0.25, -0.2) is 0 Å². The number of aliphatic hydroxyl groups excluding tert-OH is 1. The number of β-amino-alcohol motifs (C(OH)–C–C–N with tert-alkyl or cyclic N) is 1. The highest BCUT2D eigenvalue weighted by Gasteiger charge is 2.20. The Labute approximate surface area is 115 Å². The fourth-order valence-electron chi connectivity index (χ4n) is 3.09. The zero-order chi connectivity index (χ0) is 13.5. The van der Waals surface area contributed by atoms with Crippen LogP contribution in [0.15, 0.2) is 0 Å². The zero-order valence-corrected chi connectivity index (χ0v) is 11.8. The summed E-state index contributed by atoms with van der Waals surface area (Å²) in [7, 11) is 0. The van der Waals surface area contributed by atoms with Gasteiger partial charge in [-0.15, -0.1) is 0 Å². The molecule has 2 fully saturated rings. The van der Waals surface area contributed by atoms with Crippen LogP contribution in [0.1, 0.15) is 32.1 Å². The second kappa shape index (κ2) is 7.82. The summed E-state index contributed by atoms with van der Waals surface area (Å²) < 4.78 is 0. The minimum absolute atomic E-state index is 0.183. The van der Waals surface area contributed by atoms with E-state index >= 15 is 0 Å². The van der Waals surface area contributed by atoms with Gasteiger partial charge in [0.25, 0.3) is 0 Å². The first-order chi connectivity index (χ1) is 9.28. The van der Waals surface area contributed by atoms with E-state index in [0.717, 1.165) is 52.0 Å². The van der Waals surface area contributed by atoms with Gasteiger partial charge in [0, 0.05) is 25.7 Å². The van der Waals surface area contributed by atoms with Gasteiger partial charge in [0.1, 0.15) is 0 Å². The lowest BCUT2D eigenvalue weighted by molar-refractivity contribution is -0.122. The van der Waals surface area contributed by atoms with Crippen molar-refractivity contribution in [2.75, 3.05) is 45.9 Å². The molecule has 0 bridgehead atoms. The number of carbonyl (C=O) groups is 1. The van der Waals surface area contributed by atoms with Crippen molar-refractivity contribution in [1.29, 1.82) is 0 Å². The molecule has 0 aromatic heterocycles. The Bertz CT molecular complexity index is 280. The summed E-state index contributed by atoms with van der Waals surface area (Å²) in [6, 6.07) is 0.422. The molecule has 0 aromatic rings. The van der Waals surface area contributed by atoms with Gasteiger partial charge < -0.3 is 10.4 Å². The molecule has 1 saturated carbocycles. The van der Waals surface area contributed by atoms with Gasteiger partial charge in [-0.3, -0.25) is 14.6 Å². The lowest BCUT2D eigenvalue weighted by Gasteiger charge is -2.21. The summed E-state index contributed by atoms with van der Waals surface area (Å²) in [5, 5.41) is 12.1. The smallest absolute Gasteiger partial charge is 0.234 e. The second-order valence-electron chi connectivity index (χ2n) is 5.74. The monoisotopic (exact) mass is 269 g/mol. The van der Waals surface area contributed by atoms with E-state index in [1.54, 1.807) is 0 Å². The Kier molecular flexibility index (Phi) is 6.07. The first kappa shape index (κ1) is 14.8. The lowest BCUT2D eigenvalue weighted by Crippen LogP contribution is -2.42. The molecule has 19 heavy (non-hydrogen) atoms. The Balaban J connectivity index is 1.68. The van der Waals surface area contributed by atoms with E-state index in [0.29, 0.717) is 12.6 Å². The summed E-state index contributed by atoms with van der Waals surface area (Å²) in [6.07, 6.45) is 5.89. The molecule has 5 heteroatoms. The third-order valence-electron chi connectivity index (χ3n) is 4.18. The minimum Gasteiger partial charge on any atom is -0.395 e. The Morgan fingerprint density at radius 1 is 1.05 bits per heavy atom. The van der Waals surface area contributed by atoms with Crippen molar-refractivity contribution >= 4 is 5.91 Å². The fraction of sp³-hybridized carbons (Fsp3) is 0.929. The Morgan fingerprint density at radius 2 is 1.74 bits per heavy atom. The molecule has 2 aliphatic rings. The van der Waals surface area contributed by atoms with Crippen LogP contribution in [-0.2, 0) is 4.79 Å². The van der Waals surface area contributed by atoms with E-state index in [4.69, 9.17) is 5.11 Å². The van der Waals surface area contributed by atoms with E-state index in [9.17, 15) is 4.79 Å². The predicted molar refractivity (Wildman–Crippen MR) is 75.0 cm³/mol. The minimum atomic E-state index is 0.183. The van der Waals surface area contributed by atoms with Crippen molar-refractivity contribution in [2.45, 2.75) is 38.1 Å². The lowest BCUT2D eigenvalue weighted by atomic mass is 10.2. The van der Waals surface area contributed by atoms with Crippen LogP contribution in [0, 0.1) is 0 Å². The van der Waals surface area contributed by atoms with Crippen molar-refractivity contribution in [3.05, 3.63) is 0 Å². The van der Waals surface area contributed by atoms with Crippen molar-refractivity contribution < 1.29 is 9.90 Å². The number of amides is 1. The maximum Gasteiger partial charge on any atom is 0.234 e. The van der Waals surface area contributed by atoms with Crippen LogP contribution in [0.4, 0.5) is 0 Å².